The SMILES string of the molecule is Nc1nc(-n2cccn2)c2cnn(Cc3ccccc3)c2n1. The fourth-order valence-corrected chi connectivity index (χ4v) is 2.40. The summed E-state index contributed by atoms with van der Waals surface area (Å²) in [6.45, 7) is 0.624. The molecule has 0 aliphatic carbocycles. The van der Waals surface area contributed by atoms with Crippen LogP contribution in [-0.2, 0) is 6.54 Å². The molecule has 0 fully saturated rings. The molecular formula is C15H13N7. The summed E-state index contributed by atoms with van der Waals surface area (Å²) in [5.74, 6) is 0.833. The van der Waals surface area contributed by atoms with Gasteiger partial charge < -0.3 is 5.73 Å². The number of fused-ring (bicyclic) bond motifs is 1. The van der Waals surface area contributed by atoms with E-state index in [9.17, 15) is 0 Å². The average molecular weight is 291 g/mol. The van der Waals surface area contributed by atoms with E-state index < -0.39 is 0 Å². The minimum Gasteiger partial charge on any atom is -0.368 e. The van der Waals surface area contributed by atoms with E-state index in [1.165, 1.54) is 0 Å². The predicted molar refractivity (Wildman–Crippen MR) is 82.4 cm³/mol. The van der Waals surface area contributed by atoms with Crippen LogP contribution in [0.25, 0.3) is 16.9 Å². The molecule has 0 spiro atoms. The van der Waals surface area contributed by atoms with Crippen molar-refractivity contribution in [2.45, 2.75) is 6.54 Å². The van der Waals surface area contributed by atoms with Crippen LogP contribution < -0.4 is 5.73 Å². The summed E-state index contributed by atoms with van der Waals surface area (Å²) in [5, 5.41) is 9.44. The maximum atomic E-state index is 5.85. The molecule has 22 heavy (non-hydrogen) atoms. The fourth-order valence-electron chi connectivity index (χ4n) is 2.40. The Morgan fingerprint density at radius 2 is 1.86 bits per heavy atom. The highest BCUT2D eigenvalue weighted by Gasteiger charge is 2.13. The first-order valence-electron chi connectivity index (χ1n) is 6.84. The Morgan fingerprint density at radius 1 is 1.00 bits per heavy atom. The van der Waals surface area contributed by atoms with Crippen LogP contribution in [0.4, 0.5) is 5.95 Å². The second-order valence-electron chi connectivity index (χ2n) is 4.88. The van der Waals surface area contributed by atoms with Gasteiger partial charge in [-0.15, -0.1) is 0 Å². The molecule has 7 nitrogen and oxygen atoms in total. The topological polar surface area (TPSA) is 87.4 Å². The van der Waals surface area contributed by atoms with E-state index in [2.05, 4.69) is 20.2 Å². The summed E-state index contributed by atoms with van der Waals surface area (Å²) in [7, 11) is 0. The van der Waals surface area contributed by atoms with Crippen molar-refractivity contribution < 1.29 is 0 Å². The molecule has 4 aromatic rings. The van der Waals surface area contributed by atoms with Crippen LogP contribution in [0, 0.1) is 0 Å². The van der Waals surface area contributed by atoms with Crippen molar-refractivity contribution in [1.29, 1.82) is 0 Å². The molecule has 7 heteroatoms. The fraction of sp³-hybridized carbons (Fsp3) is 0.0667. The van der Waals surface area contributed by atoms with Crippen molar-refractivity contribution in [3.63, 3.8) is 0 Å². The van der Waals surface area contributed by atoms with Gasteiger partial charge in [-0.25, -0.2) is 9.36 Å². The number of benzene rings is 1. The summed E-state index contributed by atoms with van der Waals surface area (Å²) in [4.78, 5) is 8.61. The van der Waals surface area contributed by atoms with E-state index >= 15 is 0 Å². The average Bonchev–Trinajstić information content (AvgIpc) is 3.18. The van der Waals surface area contributed by atoms with Gasteiger partial charge in [0.2, 0.25) is 5.95 Å². The van der Waals surface area contributed by atoms with E-state index in [0.29, 0.717) is 18.0 Å². The molecule has 0 unspecified atom stereocenters. The van der Waals surface area contributed by atoms with E-state index in [0.717, 1.165) is 10.9 Å². The lowest BCUT2D eigenvalue weighted by molar-refractivity contribution is 0.704. The zero-order chi connectivity index (χ0) is 14.9. The Bertz CT molecular complexity index is 910. The Hall–Kier alpha value is -3.22. The van der Waals surface area contributed by atoms with Crippen LogP contribution in [0.1, 0.15) is 5.56 Å². The zero-order valence-electron chi connectivity index (χ0n) is 11.7. The van der Waals surface area contributed by atoms with Crippen LogP contribution in [0.2, 0.25) is 0 Å². The van der Waals surface area contributed by atoms with Crippen LogP contribution in [0.15, 0.2) is 55.0 Å². The molecule has 0 atom stereocenters. The molecule has 108 valence electrons. The van der Waals surface area contributed by atoms with Crippen molar-refractivity contribution >= 4 is 17.0 Å². The van der Waals surface area contributed by atoms with Crippen molar-refractivity contribution in [2.24, 2.45) is 0 Å². The minimum absolute atomic E-state index is 0.202. The van der Waals surface area contributed by atoms with Gasteiger partial charge in [0, 0.05) is 12.4 Å². The van der Waals surface area contributed by atoms with E-state index in [4.69, 9.17) is 5.73 Å². The van der Waals surface area contributed by atoms with Gasteiger partial charge in [0.15, 0.2) is 11.5 Å². The first kappa shape index (κ1) is 12.5. The van der Waals surface area contributed by atoms with Crippen molar-refractivity contribution in [3.05, 3.63) is 60.6 Å². The summed E-state index contributed by atoms with van der Waals surface area (Å²) >= 11 is 0. The molecule has 0 saturated carbocycles. The third kappa shape index (κ3) is 2.08. The summed E-state index contributed by atoms with van der Waals surface area (Å²) in [6, 6.07) is 11.9. The number of nitrogen functional groups attached to an aromatic ring is 1. The molecule has 0 amide bonds. The number of hydrogen-bond acceptors (Lipinski definition) is 5. The predicted octanol–water partition coefficient (Wildman–Crippen LogP) is 1.64. The molecule has 4 rings (SSSR count). The van der Waals surface area contributed by atoms with Crippen LogP contribution >= 0.6 is 0 Å². The summed E-state index contributed by atoms with van der Waals surface area (Å²) < 4.78 is 3.48. The van der Waals surface area contributed by atoms with Gasteiger partial charge in [-0.3, -0.25) is 0 Å². The van der Waals surface area contributed by atoms with Gasteiger partial charge >= 0.3 is 0 Å². The van der Waals surface area contributed by atoms with Gasteiger partial charge in [0.1, 0.15) is 0 Å². The van der Waals surface area contributed by atoms with Crippen LogP contribution in [0.3, 0.4) is 0 Å². The molecule has 3 aromatic heterocycles. The van der Waals surface area contributed by atoms with Gasteiger partial charge in [-0.1, -0.05) is 30.3 Å². The molecular weight excluding hydrogens is 278 g/mol. The quantitative estimate of drug-likeness (QED) is 0.620. The number of anilines is 1. The maximum absolute atomic E-state index is 5.85. The molecule has 0 bridgehead atoms. The maximum Gasteiger partial charge on any atom is 0.224 e. The summed E-state index contributed by atoms with van der Waals surface area (Å²) in [6.07, 6.45) is 5.25. The molecule has 3 heterocycles. The lowest BCUT2D eigenvalue weighted by Crippen LogP contribution is -2.07. The van der Waals surface area contributed by atoms with Crippen LogP contribution in [-0.4, -0.2) is 29.5 Å². The highest BCUT2D eigenvalue weighted by atomic mass is 15.3. The molecule has 2 N–H and O–H groups in total. The smallest absolute Gasteiger partial charge is 0.224 e. The Morgan fingerprint density at radius 3 is 2.64 bits per heavy atom. The lowest BCUT2D eigenvalue weighted by atomic mass is 10.2. The second kappa shape index (κ2) is 4.96. The molecule has 0 aliphatic rings. The third-order valence-electron chi connectivity index (χ3n) is 3.39. The van der Waals surface area contributed by atoms with Gasteiger partial charge in [-0.2, -0.15) is 20.2 Å². The Kier molecular flexibility index (Phi) is 2.82. The largest absolute Gasteiger partial charge is 0.368 e. The molecule has 0 radical (unpaired) electrons. The van der Waals surface area contributed by atoms with E-state index in [1.807, 2.05) is 47.3 Å². The van der Waals surface area contributed by atoms with Gasteiger partial charge in [0.05, 0.1) is 18.1 Å². The van der Waals surface area contributed by atoms with Crippen molar-refractivity contribution in [1.82, 2.24) is 29.5 Å². The van der Waals surface area contributed by atoms with Crippen molar-refractivity contribution in [2.75, 3.05) is 5.73 Å². The number of aromatic nitrogens is 6. The first-order chi connectivity index (χ1) is 10.8. The molecule has 1 aromatic carbocycles. The number of rotatable bonds is 3. The highest BCUT2D eigenvalue weighted by molar-refractivity contribution is 5.83. The standard InChI is InChI=1S/C15H13N7/c16-15-19-13(21-8-4-7-17-21)12-9-18-22(14(12)20-15)10-11-5-2-1-3-6-11/h1-9H,10H2,(H2,16,19,20). The first-order valence-corrected chi connectivity index (χ1v) is 6.84. The Balaban J connectivity index is 1.85. The second-order valence-corrected chi connectivity index (χ2v) is 4.88. The zero-order valence-corrected chi connectivity index (χ0v) is 11.7. The molecule has 0 saturated heterocycles. The normalized spacial score (nSPS) is 11.1. The third-order valence-corrected chi connectivity index (χ3v) is 3.39. The van der Waals surface area contributed by atoms with Crippen molar-refractivity contribution in [3.8, 4) is 5.82 Å². The number of nitrogens with two attached hydrogens (primary N) is 1. The van der Waals surface area contributed by atoms with Gasteiger partial charge in [0.25, 0.3) is 0 Å². The van der Waals surface area contributed by atoms with E-state index in [1.54, 1.807) is 17.1 Å². The molecule has 0 aliphatic heterocycles. The monoisotopic (exact) mass is 291 g/mol. The van der Waals surface area contributed by atoms with E-state index in [-0.39, 0.29) is 5.95 Å². The summed E-state index contributed by atoms with van der Waals surface area (Å²) in [5.41, 5.74) is 7.69. The minimum atomic E-state index is 0.202. The van der Waals surface area contributed by atoms with Gasteiger partial charge in [-0.05, 0) is 11.6 Å². The Labute approximate surface area is 126 Å². The number of nitrogens with zero attached hydrogens (tertiary/aromatic N) is 6. The highest BCUT2D eigenvalue weighted by Crippen LogP contribution is 2.20. The lowest BCUT2D eigenvalue weighted by Gasteiger charge is -2.06. The number of hydrogen-bond donors (Lipinski definition) is 1. The van der Waals surface area contributed by atoms with Crippen LogP contribution in [0.5, 0.6) is 0 Å².